The van der Waals surface area contributed by atoms with E-state index in [1.165, 1.54) is 0 Å². The van der Waals surface area contributed by atoms with Crippen LogP contribution in [0.5, 0.6) is 0 Å². The number of halogens is 14. The molecule has 0 aliphatic heterocycles. The van der Waals surface area contributed by atoms with E-state index in [-0.39, 0.29) is 0 Å². The Hall–Kier alpha value is -2.04. The first-order chi connectivity index (χ1) is 14.3. The highest BCUT2D eigenvalue weighted by molar-refractivity contribution is 5.66. The van der Waals surface area contributed by atoms with Crippen LogP contribution >= 0.6 is 0 Å². The fraction of sp³-hybridized carbons (Fsp3) is 0.867. The molecule has 0 aromatic heterocycles. The van der Waals surface area contributed by atoms with Gasteiger partial charge < -0.3 is 9.47 Å². The molecule has 0 radical (unpaired) electrons. The van der Waals surface area contributed by atoms with Crippen LogP contribution in [0.25, 0.3) is 0 Å². The fourth-order valence-electron chi connectivity index (χ4n) is 2.16. The van der Waals surface area contributed by atoms with Gasteiger partial charge in [-0.25, -0.2) is 4.39 Å². The van der Waals surface area contributed by atoms with E-state index in [9.17, 15) is 71.1 Å². The molecular formula is C15H14F14O4. The maximum absolute atomic E-state index is 14.2. The van der Waals surface area contributed by atoms with E-state index >= 15 is 0 Å². The van der Waals surface area contributed by atoms with E-state index in [4.69, 9.17) is 0 Å². The number of esters is 2. The maximum Gasteiger partial charge on any atom is 0.428 e. The number of carbonyl (C=O) groups is 2. The predicted octanol–water partition coefficient (Wildman–Crippen LogP) is 5.34. The normalized spacial score (nSPS) is 16.2. The topological polar surface area (TPSA) is 52.6 Å². The maximum atomic E-state index is 14.2. The second-order valence-electron chi connectivity index (χ2n) is 6.48. The molecule has 0 amide bonds. The molecule has 0 spiro atoms. The molecule has 18 heteroatoms. The number of rotatable bonds is 11. The van der Waals surface area contributed by atoms with Gasteiger partial charge in [0.05, 0.1) is 19.6 Å². The molecule has 0 saturated carbocycles. The number of hydrogen-bond acceptors (Lipinski definition) is 4. The monoisotopic (exact) mass is 524 g/mol. The van der Waals surface area contributed by atoms with Crippen molar-refractivity contribution in [3.8, 4) is 0 Å². The molecule has 0 aliphatic rings. The van der Waals surface area contributed by atoms with Crippen molar-refractivity contribution in [3.63, 3.8) is 0 Å². The van der Waals surface area contributed by atoms with Crippen LogP contribution < -0.4 is 0 Å². The van der Waals surface area contributed by atoms with Gasteiger partial charge in [-0.1, -0.05) is 0 Å². The van der Waals surface area contributed by atoms with Crippen molar-refractivity contribution in [2.45, 2.75) is 68.1 Å². The molecule has 0 aromatic carbocycles. The molecule has 4 nitrogen and oxygen atoms in total. The Morgan fingerprint density at radius 1 is 0.545 bits per heavy atom. The summed E-state index contributed by atoms with van der Waals surface area (Å²) in [5, 5.41) is 0. The highest BCUT2D eigenvalue weighted by atomic mass is 19.4. The van der Waals surface area contributed by atoms with E-state index < -0.39 is 79.5 Å². The largest absolute Gasteiger partial charge is 0.466 e. The average Bonchev–Trinajstić information content (AvgIpc) is 2.58. The lowest BCUT2D eigenvalue weighted by Gasteiger charge is -2.44. The molecular weight excluding hydrogens is 510 g/mol. The third kappa shape index (κ3) is 5.38. The molecule has 0 aliphatic carbocycles. The van der Waals surface area contributed by atoms with Crippen LogP contribution in [-0.2, 0) is 19.1 Å². The number of ether oxygens (including phenoxy) is 2. The Bertz CT molecular complexity index is 718. The van der Waals surface area contributed by atoms with Crippen LogP contribution in [-0.4, -0.2) is 66.6 Å². The number of carbonyl (C=O) groups excluding carboxylic acids is 2. The van der Waals surface area contributed by atoms with Crippen molar-refractivity contribution >= 4 is 11.9 Å². The van der Waals surface area contributed by atoms with E-state index in [1.807, 2.05) is 0 Å². The first-order valence-corrected chi connectivity index (χ1v) is 8.25. The van der Waals surface area contributed by atoms with Crippen LogP contribution in [0, 0.1) is 0 Å². The molecule has 196 valence electrons. The Kier molecular flexibility index (Phi) is 8.73. The van der Waals surface area contributed by atoms with Gasteiger partial charge in [-0.05, 0) is 0 Å². The second-order valence-corrected chi connectivity index (χ2v) is 6.48. The van der Waals surface area contributed by atoms with Crippen molar-refractivity contribution in [1.29, 1.82) is 0 Å². The zero-order valence-electron chi connectivity index (χ0n) is 16.3. The highest BCUT2D eigenvalue weighted by Gasteiger charge is 2.91. The van der Waals surface area contributed by atoms with Gasteiger partial charge in [0, 0.05) is 20.3 Å². The fourth-order valence-corrected chi connectivity index (χ4v) is 2.16. The molecule has 1 atom stereocenters. The summed E-state index contributed by atoms with van der Waals surface area (Å²) in [4.78, 5) is 20.9. The summed E-state index contributed by atoms with van der Waals surface area (Å²) in [6.45, 7) is -2.91. The van der Waals surface area contributed by atoms with Crippen LogP contribution in [0.1, 0.15) is 26.7 Å². The van der Waals surface area contributed by atoms with Crippen molar-refractivity contribution in [2.24, 2.45) is 0 Å². The van der Waals surface area contributed by atoms with E-state index in [2.05, 4.69) is 9.47 Å². The lowest BCUT2D eigenvalue weighted by atomic mass is 9.83. The lowest BCUT2D eigenvalue weighted by molar-refractivity contribution is -0.434. The third-order valence-corrected chi connectivity index (χ3v) is 4.06. The third-order valence-electron chi connectivity index (χ3n) is 4.06. The smallest absolute Gasteiger partial charge is 0.428 e. The molecule has 1 unspecified atom stereocenters. The predicted molar refractivity (Wildman–Crippen MR) is 77.1 cm³/mol. The Balaban J connectivity index is 6.43. The minimum absolute atomic E-state index is 0.437. The van der Waals surface area contributed by atoms with E-state index in [0.717, 1.165) is 0 Å². The molecule has 33 heavy (non-hydrogen) atoms. The Labute approximate surface area is 175 Å². The van der Waals surface area contributed by atoms with Crippen LogP contribution in [0.15, 0.2) is 0 Å². The van der Waals surface area contributed by atoms with Gasteiger partial charge in [0.2, 0.25) is 0 Å². The Morgan fingerprint density at radius 2 is 0.879 bits per heavy atom. The van der Waals surface area contributed by atoms with Crippen molar-refractivity contribution < 1.29 is 80.5 Å². The zero-order valence-corrected chi connectivity index (χ0v) is 16.3. The molecule has 0 aromatic rings. The first kappa shape index (κ1) is 31.0. The minimum Gasteiger partial charge on any atom is -0.466 e. The van der Waals surface area contributed by atoms with Crippen molar-refractivity contribution in [1.82, 2.24) is 0 Å². The van der Waals surface area contributed by atoms with Gasteiger partial charge in [0.15, 0.2) is 0 Å². The summed E-state index contributed by atoms with van der Waals surface area (Å²) in [7, 11) is 0. The van der Waals surface area contributed by atoms with Crippen LogP contribution in [0.2, 0.25) is 0 Å². The standard InChI is InChI=1S/C15H14F14O4/c1-7(30)32-5-3-9(16,15(27,28)29)11(19,20)13(23,24)14(25,26)12(21,22)10(17,18)4-6-33-8(2)31/h3-6H2,1-2H3. The van der Waals surface area contributed by atoms with E-state index in [0.29, 0.717) is 13.8 Å². The van der Waals surface area contributed by atoms with Gasteiger partial charge in [0.1, 0.15) is 0 Å². The van der Waals surface area contributed by atoms with Crippen molar-refractivity contribution in [3.05, 3.63) is 0 Å². The summed E-state index contributed by atoms with van der Waals surface area (Å²) >= 11 is 0. The molecule has 0 heterocycles. The van der Waals surface area contributed by atoms with Gasteiger partial charge in [-0.15, -0.1) is 0 Å². The van der Waals surface area contributed by atoms with Crippen molar-refractivity contribution in [2.75, 3.05) is 13.2 Å². The van der Waals surface area contributed by atoms with Gasteiger partial charge in [0.25, 0.3) is 5.67 Å². The molecule has 0 rings (SSSR count). The molecule has 0 saturated heterocycles. The zero-order chi connectivity index (χ0) is 26.9. The quantitative estimate of drug-likeness (QED) is 0.271. The lowest BCUT2D eigenvalue weighted by Crippen LogP contribution is -2.73. The summed E-state index contributed by atoms with van der Waals surface area (Å²) in [6.07, 6.45) is -12.8. The van der Waals surface area contributed by atoms with Gasteiger partial charge in [-0.2, -0.15) is 57.1 Å². The summed E-state index contributed by atoms with van der Waals surface area (Å²) < 4.78 is 197. The minimum atomic E-state index is -8.09. The SMILES string of the molecule is CC(=O)OCCC(F)(F)C(F)(F)C(F)(F)C(F)(F)C(F)(F)C(F)(CCOC(C)=O)C(F)(F)F. The van der Waals surface area contributed by atoms with Gasteiger partial charge in [-0.3, -0.25) is 9.59 Å². The van der Waals surface area contributed by atoms with Crippen LogP contribution in [0.4, 0.5) is 61.5 Å². The van der Waals surface area contributed by atoms with Crippen LogP contribution in [0.3, 0.4) is 0 Å². The summed E-state index contributed by atoms with van der Waals surface area (Å²) in [5.41, 5.74) is -6.74. The molecule has 0 bridgehead atoms. The molecule has 0 N–H and O–H groups in total. The highest BCUT2D eigenvalue weighted by Crippen LogP contribution is 2.63. The first-order valence-electron chi connectivity index (χ1n) is 8.25. The average molecular weight is 524 g/mol. The molecule has 0 fully saturated rings. The Morgan fingerprint density at radius 3 is 1.21 bits per heavy atom. The summed E-state index contributed by atoms with van der Waals surface area (Å²) in [6, 6.07) is 0. The second kappa shape index (κ2) is 9.31. The summed E-state index contributed by atoms with van der Waals surface area (Å²) in [5.74, 6) is -40.7. The van der Waals surface area contributed by atoms with E-state index in [1.54, 1.807) is 0 Å². The van der Waals surface area contributed by atoms with Gasteiger partial charge >= 0.3 is 47.7 Å². The number of alkyl halides is 14. The number of hydrogen-bond donors (Lipinski definition) is 0.